The van der Waals surface area contributed by atoms with Crippen LogP contribution in [0.1, 0.15) is 19.8 Å². The summed E-state index contributed by atoms with van der Waals surface area (Å²) in [6.07, 6.45) is 7.84. The van der Waals surface area contributed by atoms with Crippen molar-refractivity contribution < 1.29 is 9.53 Å². The summed E-state index contributed by atoms with van der Waals surface area (Å²) in [4.78, 5) is 11.1. The average molecular weight is 191 g/mol. The fraction of sp³-hybridized carbons (Fsp3) is 0.364. The molecule has 0 fully saturated rings. The Kier molecular flexibility index (Phi) is 2.39. The highest BCUT2D eigenvalue weighted by atomic mass is 16.5. The molecule has 1 N–H and O–H groups in total. The van der Waals surface area contributed by atoms with Gasteiger partial charge in [-0.05, 0) is 12.5 Å². The van der Waals surface area contributed by atoms with Crippen molar-refractivity contribution in [2.45, 2.75) is 19.8 Å². The Labute approximate surface area is 83.1 Å². The largest absolute Gasteiger partial charge is 0.482 e. The third-order valence-corrected chi connectivity index (χ3v) is 2.37. The van der Waals surface area contributed by atoms with Crippen LogP contribution in [0.15, 0.2) is 35.3 Å². The van der Waals surface area contributed by atoms with Crippen LogP contribution in [0.4, 0.5) is 0 Å². The molecule has 0 saturated heterocycles. The van der Waals surface area contributed by atoms with Gasteiger partial charge < -0.3 is 10.1 Å². The topological polar surface area (TPSA) is 38.3 Å². The molecule has 74 valence electrons. The van der Waals surface area contributed by atoms with E-state index in [-0.39, 0.29) is 12.5 Å². The second-order valence-electron chi connectivity index (χ2n) is 3.35. The molecule has 3 heteroatoms. The molecule has 0 unspecified atom stereocenters. The predicted molar refractivity (Wildman–Crippen MR) is 53.3 cm³/mol. The number of carbonyl (C=O) groups is 1. The highest BCUT2D eigenvalue weighted by molar-refractivity contribution is 5.80. The second kappa shape index (κ2) is 3.70. The normalized spacial score (nSPS) is 20.6. The van der Waals surface area contributed by atoms with Crippen LogP contribution in [0.2, 0.25) is 0 Å². The Morgan fingerprint density at radius 1 is 1.50 bits per heavy atom. The van der Waals surface area contributed by atoms with E-state index in [4.69, 9.17) is 4.74 Å². The number of carbonyl (C=O) groups excluding carboxylic acids is 1. The van der Waals surface area contributed by atoms with E-state index in [1.54, 1.807) is 0 Å². The van der Waals surface area contributed by atoms with E-state index in [1.807, 2.05) is 12.2 Å². The van der Waals surface area contributed by atoms with Crippen molar-refractivity contribution in [1.29, 1.82) is 0 Å². The van der Waals surface area contributed by atoms with Gasteiger partial charge >= 0.3 is 0 Å². The lowest BCUT2D eigenvalue weighted by molar-refractivity contribution is -0.124. The van der Waals surface area contributed by atoms with Crippen molar-refractivity contribution in [2.24, 2.45) is 0 Å². The van der Waals surface area contributed by atoms with Crippen LogP contribution >= 0.6 is 0 Å². The molecule has 0 radical (unpaired) electrons. The number of amides is 1. The van der Waals surface area contributed by atoms with Gasteiger partial charge in [-0.1, -0.05) is 24.6 Å². The molecule has 0 bridgehead atoms. The standard InChI is InChI=1S/C11H13NO2/c1-2-8-3-5-9-10(6-4-8)14-7-11(13)12-9/h3-4,6H,2,5,7H2,1H3,(H,12,13). The van der Waals surface area contributed by atoms with Crippen molar-refractivity contribution in [3.63, 3.8) is 0 Å². The fourth-order valence-electron chi connectivity index (χ4n) is 1.54. The lowest BCUT2D eigenvalue weighted by atomic mass is 10.1. The zero-order chi connectivity index (χ0) is 9.97. The molecule has 1 amide bonds. The van der Waals surface area contributed by atoms with Gasteiger partial charge in [-0.15, -0.1) is 0 Å². The van der Waals surface area contributed by atoms with E-state index >= 15 is 0 Å². The minimum Gasteiger partial charge on any atom is -0.482 e. The zero-order valence-electron chi connectivity index (χ0n) is 8.17. The first-order valence-corrected chi connectivity index (χ1v) is 4.82. The van der Waals surface area contributed by atoms with E-state index < -0.39 is 0 Å². The average Bonchev–Trinajstić information content (AvgIpc) is 2.39. The smallest absolute Gasteiger partial charge is 0.262 e. The van der Waals surface area contributed by atoms with Gasteiger partial charge in [-0.3, -0.25) is 4.79 Å². The van der Waals surface area contributed by atoms with Crippen LogP contribution in [-0.4, -0.2) is 12.5 Å². The molecule has 1 aliphatic heterocycles. The number of allylic oxidation sites excluding steroid dienone is 4. The molecule has 0 spiro atoms. The van der Waals surface area contributed by atoms with Crippen molar-refractivity contribution in [1.82, 2.24) is 5.32 Å². The van der Waals surface area contributed by atoms with Crippen molar-refractivity contribution in [3.8, 4) is 0 Å². The minimum atomic E-state index is -0.0644. The highest BCUT2D eigenvalue weighted by Gasteiger charge is 2.17. The van der Waals surface area contributed by atoms with Crippen LogP contribution in [0.3, 0.4) is 0 Å². The quantitative estimate of drug-likeness (QED) is 0.684. The molecule has 14 heavy (non-hydrogen) atoms. The van der Waals surface area contributed by atoms with Gasteiger partial charge in [0, 0.05) is 6.42 Å². The molecule has 2 rings (SSSR count). The maximum Gasteiger partial charge on any atom is 0.262 e. The van der Waals surface area contributed by atoms with E-state index in [9.17, 15) is 4.79 Å². The van der Waals surface area contributed by atoms with Gasteiger partial charge in [0.1, 0.15) is 5.76 Å². The Morgan fingerprint density at radius 2 is 2.36 bits per heavy atom. The predicted octanol–water partition coefficient (Wildman–Crippen LogP) is 1.64. The van der Waals surface area contributed by atoms with Crippen molar-refractivity contribution >= 4 is 5.91 Å². The molecule has 1 heterocycles. The summed E-state index contributed by atoms with van der Waals surface area (Å²) in [6, 6.07) is 0. The third-order valence-electron chi connectivity index (χ3n) is 2.37. The maximum atomic E-state index is 11.1. The molecule has 1 aliphatic carbocycles. The number of nitrogens with one attached hydrogen (secondary N) is 1. The number of ether oxygens (including phenoxy) is 1. The molecule has 0 atom stereocenters. The summed E-state index contributed by atoms with van der Waals surface area (Å²) in [5.41, 5.74) is 2.15. The summed E-state index contributed by atoms with van der Waals surface area (Å²) < 4.78 is 5.31. The molecular formula is C11H13NO2. The number of rotatable bonds is 1. The monoisotopic (exact) mass is 191 g/mol. The molecule has 2 aliphatic rings. The van der Waals surface area contributed by atoms with Crippen LogP contribution in [0, 0.1) is 0 Å². The summed E-state index contributed by atoms with van der Waals surface area (Å²) >= 11 is 0. The summed E-state index contributed by atoms with van der Waals surface area (Å²) in [5.74, 6) is 0.731. The third kappa shape index (κ3) is 1.71. The molecule has 3 nitrogen and oxygen atoms in total. The van der Waals surface area contributed by atoms with Gasteiger partial charge in [-0.25, -0.2) is 0 Å². The van der Waals surface area contributed by atoms with Crippen molar-refractivity contribution in [2.75, 3.05) is 6.61 Å². The Balaban J connectivity index is 2.23. The maximum absolute atomic E-state index is 11.1. The van der Waals surface area contributed by atoms with E-state index in [2.05, 4.69) is 18.3 Å². The summed E-state index contributed by atoms with van der Waals surface area (Å²) in [5, 5.41) is 2.82. The fourth-order valence-corrected chi connectivity index (χ4v) is 1.54. The van der Waals surface area contributed by atoms with Gasteiger partial charge in [0.15, 0.2) is 6.61 Å². The van der Waals surface area contributed by atoms with Gasteiger partial charge in [0.2, 0.25) is 0 Å². The van der Waals surface area contributed by atoms with Crippen LogP contribution in [0.25, 0.3) is 0 Å². The van der Waals surface area contributed by atoms with E-state index in [0.717, 1.165) is 24.3 Å². The number of hydrogen-bond acceptors (Lipinski definition) is 2. The van der Waals surface area contributed by atoms with Crippen LogP contribution in [0.5, 0.6) is 0 Å². The summed E-state index contributed by atoms with van der Waals surface area (Å²) in [6.45, 7) is 2.24. The Hall–Kier alpha value is -1.51. The highest BCUT2D eigenvalue weighted by Crippen LogP contribution is 2.20. The first kappa shape index (κ1) is 9.06. The SMILES string of the molecule is CCC1=CCC2=C(C=C1)OCC(=O)N2. The van der Waals surface area contributed by atoms with Crippen LogP contribution in [-0.2, 0) is 9.53 Å². The molecule has 0 aromatic carbocycles. The molecule has 0 aromatic heterocycles. The van der Waals surface area contributed by atoms with Crippen molar-refractivity contribution in [3.05, 3.63) is 35.3 Å². The minimum absolute atomic E-state index is 0.0644. The van der Waals surface area contributed by atoms with Gasteiger partial charge in [0.25, 0.3) is 5.91 Å². The first-order chi connectivity index (χ1) is 6.79. The summed E-state index contributed by atoms with van der Waals surface area (Å²) in [7, 11) is 0. The molecular weight excluding hydrogens is 178 g/mol. The molecule has 0 aromatic rings. The Morgan fingerprint density at radius 3 is 3.14 bits per heavy atom. The lowest BCUT2D eigenvalue weighted by Crippen LogP contribution is -2.32. The van der Waals surface area contributed by atoms with Gasteiger partial charge in [0.05, 0.1) is 5.70 Å². The number of hydrogen-bond donors (Lipinski definition) is 1. The van der Waals surface area contributed by atoms with Gasteiger partial charge in [-0.2, -0.15) is 0 Å². The lowest BCUT2D eigenvalue weighted by Gasteiger charge is -2.18. The first-order valence-electron chi connectivity index (χ1n) is 4.82. The molecule has 0 saturated carbocycles. The Bertz CT molecular complexity index is 350. The van der Waals surface area contributed by atoms with E-state index in [1.165, 1.54) is 5.57 Å². The second-order valence-corrected chi connectivity index (χ2v) is 3.35. The van der Waals surface area contributed by atoms with Crippen LogP contribution < -0.4 is 5.32 Å². The van der Waals surface area contributed by atoms with E-state index in [0.29, 0.717) is 0 Å². The zero-order valence-corrected chi connectivity index (χ0v) is 8.17.